The van der Waals surface area contributed by atoms with Crippen molar-refractivity contribution >= 4 is 0 Å². The first-order valence-electron chi connectivity index (χ1n) is 7.53. The number of methoxy groups -OCH3 is 1. The highest BCUT2D eigenvalue weighted by Gasteiger charge is 2.14. The molecule has 0 fully saturated rings. The third-order valence-electron chi connectivity index (χ3n) is 3.67. The van der Waals surface area contributed by atoms with Gasteiger partial charge in [-0.25, -0.2) is 0 Å². The number of hydrogen-bond acceptors (Lipinski definition) is 3. The number of benzene rings is 1. The van der Waals surface area contributed by atoms with E-state index in [-0.39, 0.29) is 0 Å². The maximum absolute atomic E-state index is 10.4. The average Bonchev–Trinajstić information content (AvgIpc) is 2.89. The second-order valence-electron chi connectivity index (χ2n) is 5.17. The van der Waals surface area contributed by atoms with Gasteiger partial charge in [-0.3, -0.25) is 4.68 Å². The molecule has 0 saturated carbocycles. The van der Waals surface area contributed by atoms with Crippen molar-refractivity contribution in [2.24, 2.45) is 0 Å². The third-order valence-corrected chi connectivity index (χ3v) is 3.67. The topological polar surface area (TPSA) is 47.3 Å². The van der Waals surface area contributed by atoms with Crippen molar-refractivity contribution in [1.29, 1.82) is 0 Å². The molecule has 1 aromatic heterocycles. The van der Waals surface area contributed by atoms with Gasteiger partial charge in [0.2, 0.25) is 0 Å². The SMILES string of the molecule is CCc1cc(CC(O)Cc2ccccc2OC)n(CC)n1. The Hall–Kier alpha value is -1.81. The molecule has 1 unspecified atom stereocenters. The van der Waals surface area contributed by atoms with Crippen LogP contribution in [0.2, 0.25) is 0 Å². The van der Waals surface area contributed by atoms with E-state index >= 15 is 0 Å². The van der Waals surface area contributed by atoms with Crippen LogP contribution in [-0.2, 0) is 25.8 Å². The Labute approximate surface area is 126 Å². The Kier molecular flexibility index (Phi) is 5.39. The highest BCUT2D eigenvalue weighted by molar-refractivity contribution is 5.33. The zero-order valence-corrected chi connectivity index (χ0v) is 13.0. The number of aryl methyl sites for hydroxylation is 2. The smallest absolute Gasteiger partial charge is 0.122 e. The molecule has 114 valence electrons. The molecule has 1 N–H and O–H groups in total. The van der Waals surface area contributed by atoms with Gasteiger partial charge in [-0.05, 0) is 31.0 Å². The van der Waals surface area contributed by atoms with Crippen molar-refractivity contribution in [1.82, 2.24) is 9.78 Å². The number of nitrogens with zero attached hydrogens (tertiary/aromatic N) is 2. The maximum Gasteiger partial charge on any atom is 0.122 e. The van der Waals surface area contributed by atoms with Crippen LogP contribution in [0.3, 0.4) is 0 Å². The van der Waals surface area contributed by atoms with Crippen LogP contribution in [0.25, 0.3) is 0 Å². The Morgan fingerprint density at radius 1 is 1.24 bits per heavy atom. The molecule has 0 aliphatic carbocycles. The number of aliphatic hydroxyl groups is 1. The lowest BCUT2D eigenvalue weighted by Crippen LogP contribution is -2.17. The van der Waals surface area contributed by atoms with Crippen LogP contribution in [0.1, 0.15) is 30.8 Å². The van der Waals surface area contributed by atoms with E-state index < -0.39 is 6.10 Å². The molecule has 1 heterocycles. The lowest BCUT2D eigenvalue weighted by Gasteiger charge is -2.14. The summed E-state index contributed by atoms with van der Waals surface area (Å²) >= 11 is 0. The van der Waals surface area contributed by atoms with Crippen LogP contribution in [0.15, 0.2) is 30.3 Å². The summed E-state index contributed by atoms with van der Waals surface area (Å²) in [5.74, 6) is 0.829. The van der Waals surface area contributed by atoms with Gasteiger partial charge in [0, 0.05) is 25.1 Å². The van der Waals surface area contributed by atoms with Gasteiger partial charge in [0.15, 0.2) is 0 Å². The predicted octanol–water partition coefficient (Wildman–Crippen LogP) is 2.62. The second-order valence-corrected chi connectivity index (χ2v) is 5.17. The van der Waals surface area contributed by atoms with Gasteiger partial charge in [0.05, 0.1) is 18.9 Å². The first-order chi connectivity index (χ1) is 10.2. The lowest BCUT2D eigenvalue weighted by atomic mass is 10.0. The summed E-state index contributed by atoms with van der Waals surface area (Å²) in [6.45, 7) is 5.00. The molecule has 0 spiro atoms. The maximum atomic E-state index is 10.4. The summed E-state index contributed by atoms with van der Waals surface area (Å²) in [5, 5.41) is 14.9. The monoisotopic (exact) mass is 288 g/mol. The van der Waals surface area contributed by atoms with E-state index in [0.717, 1.165) is 35.7 Å². The summed E-state index contributed by atoms with van der Waals surface area (Å²) < 4.78 is 7.31. The molecule has 21 heavy (non-hydrogen) atoms. The van der Waals surface area contributed by atoms with E-state index in [2.05, 4.69) is 25.0 Å². The highest BCUT2D eigenvalue weighted by atomic mass is 16.5. The molecule has 1 aromatic carbocycles. The Morgan fingerprint density at radius 3 is 2.67 bits per heavy atom. The van der Waals surface area contributed by atoms with Crippen LogP contribution < -0.4 is 4.74 Å². The van der Waals surface area contributed by atoms with Gasteiger partial charge in [-0.15, -0.1) is 0 Å². The van der Waals surface area contributed by atoms with E-state index in [0.29, 0.717) is 12.8 Å². The summed E-state index contributed by atoms with van der Waals surface area (Å²) in [6, 6.07) is 9.92. The lowest BCUT2D eigenvalue weighted by molar-refractivity contribution is 0.171. The van der Waals surface area contributed by atoms with Crippen molar-refractivity contribution in [3.05, 3.63) is 47.3 Å². The van der Waals surface area contributed by atoms with Crippen molar-refractivity contribution in [2.45, 2.75) is 45.8 Å². The normalized spacial score (nSPS) is 12.4. The summed E-state index contributed by atoms with van der Waals surface area (Å²) in [7, 11) is 1.66. The van der Waals surface area contributed by atoms with Gasteiger partial charge in [-0.2, -0.15) is 5.10 Å². The van der Waals surface area contributed by atoms with Gasteiger partial charge in [-0.1, -0.05) is 25.1 Å². The number of aromatic nitrogens is 2. The Bertz CT molecular complexity index is 578. The van der Waals surface area contributed by atoms with Gasteiger partial charge < -0.3 is 9.84 Å². The molecule has 1 atom stereocenters. The quantitative estimate of drug-likeness (QED) is 0.852. The fourth-order valence-electron chi connectivity index (χ4n) is 2.56. The van der Waals surface area contributed by atoms with Crippen LogP contribution in [-0.4, -0.2) is 28.1 Å². The molecule has 2 rings (SSSR count). The minimum atomic E-state index is -0.437. The molecule has 2 aromatic rings. The van der Waals surface area contributed by atoms with Gasteiger partial charge in [0.25, 0.3) is 0 Å². The van der Waals surface area contributed by atoms with Crippen LogP contribution in [0, 0.1) is 0 Å². The zero-order chi connectivity index (χ0) is 15.2. The number of rotatable bonds is 7. The number of aliphatic hydroxyl groups excluding tert-OH is 1. The van der Waals surface area contributed by atoms with Crippen LogP contribution in [0.5, 0.6) is 5.75 Å². The van der Waals surface area contributed by atoms with Crippen molar-refractivity contribution in [3.63, 3.8) is 0 Å². The molecular weight excluding hydrogens is 264 g/mol. The predicted molar refractivity (Wildman–Crippen MR) is 83.7 cm³/mol. The van der Waals surface area contributed by atoms with E-state index in [1.807, 2.05) is 28.9 Å². The average molecular weight is 288 g/mol. The number of para-hydroxylation sites is 1. The fourth-order valence-corrected chi connectivity index (χ4v) is 2.56. The van der Waals surface area contributed by atoms with Crippen LogP contribution in [0.4, 0.5) is 0 Å². The van der Waals surface area contributed by atoms with E-state index in [1.54, 1.807) is 7.11 Å². The van der Waals surface area contributed by atoms with Gasteiger partial charge in [0.1, 0.15) is 5.75 Å². The van der Waals surface area contributed by atoms with Crippen molar-refractivity contribution in [2.75, 3.05) is 7.11 Å². The Balaban J connectivity index is 2.07. The molecule has 4 heteroatoms. The van der Waals surface area contributed by atoms with Crippen molar-refractivity contribution < 1.29 is 9.84 Å². The summed E-state index contributed by atoms with van der Waals surface area (Å²) in [5.41, 5.74) is 3.21. The highest BCUT2D eigenvalue weighted by Crippen LogP contribution is 2.20. The first-order valence-corrected chi connectivity index (χ1v) is 7.53. The largest absolute Gasteiger partial charge is 0.496 e. The van der Waals surface area contributed by atoms with Gasteiger partial charge >= 0.3 is 0 Å². The number of ether oxygens (including phenoxy) is 1. The second kappa shape index (κ2) is 7.27. The minimum Gasteiger partial charge on any atom is -0.496 e. The molecule has 0 radical (unpaired) electrons. The molecule has 0 aliphatic rings. The van der Waals surface area contributed by atoms with E-state index in [1.165, 1.54) is 0 Å². The standard InChI is InChI=1S/C17H24N2O2/c1-4-14-11-15(19(5-2)18-14)12-16(20)10-13-8-6-7-9-17(13)21-3/h6-9,11,16,20H,4-5,10,12H2,1-3H3. The minimum absolute atomic E-state index is 0.437. The zero-order valence-electron chi connectivity index (χ0n) is 13.0. The van der Waals surface area contributed by atoms with Crippen LogP contribution >= 0.6 is 0 Å². The third kappa shape index (κ3) is 3.85. The first kappa shape index (κ1) is 15.6. The molecule has 0 amide bonds. The molecular formula is C17H24N2O2. The molecule has 0 saturated heterocycles. The van der Waals surface area contributed by atoms with E-state index in [9.17, 15) is 5.11 Å². The molecule has 4 nitrogen and oxygen atoms in total. The number of hydrogen-bond donors (Lipinski definition) is 1. The summed E-state index contributed by atoms with van der Waals surface area (Å²) in [4.78, 5) is 0. The van der Waals surface area contributed by atoms with E-state index in [4.69, 9.17) is 4.74 Å². The summed E-state index contributed by atoms with van der Waals surface area (Å²) in [6.07, 6.45) is 1.68. The Morgan fingerprint density at radius 2 is 2.00 bits per heavy atom. The van der Waals surface area contributed by atoms with Crippen molar-refractivity contribution in [3.8, 4) is 5.75 Å². The fraction of sp³-hybridized carbons (Fsp3) is 0.471. The molecule has 0 bridgehead atoms. The molecule has 0 aliphatic heterocycles.